The quantitative estimate of drug-likeness (QED) is 0.916. The molecular weight excluding hydrogens is 312 g/mol. The highest BCUT2D eigenvalue weighted by molar-refractivity contribution is 5.81. The molecule has 0 aromatic heterocycles. The number of carbonyl (C=O) groups is 2. The van der Waals surface area contributed by atoms with Crippen LogP contribution in [0.4, 0.5) is 0 Å². The molecule has 2 saturated carbocycles. The first kappa shape index (κ1) is 16.6. The number of likely N-dealkylation sites (tertiary alicyclic amines) is 1. The largest absolute Gasteiger partial charge is 0.353 e. The van der Waals surface area contributed by atoms with Gasteiger partial charge in [0, 0.05) is 31.5 Å². The van der Waals surface area contributed by atoms with E-state index in [9.17, 15) is 9.59 Å². The van der Waals surface area contributed by atoms with Gasteiger partial charge in [0.2, 0.25) is 11.8 Å². The molecular formula is C21H28N2O2. The van der Waals surface area contributed by atoms with Crippen LogP contribution in [0.15, 0.2) is 18.2 Å². The monoisotopic (exact) mass is 340 g/mol. The second-order valence-corrected chi connectivity index (χ2v) is 8.23. The molecule has 2 atom stereocenters. The first-order valence-corrected chi connectivity index (χ1v) is 9.63. The molecule has 134 valence electrons. The standard InChI is InChI=1S/C21H28N2O2/c1-4-19(24)22-16-8-15(9-16)21(25)23-10-17-18(11-23)20(17)14-6-5-12(2)13(3)7-14/h5-7,15-18,20H,4,8-11H2,1-3H3,(H,22,24). The third kappa shape index (κ3) is 2.96. The molecule has 1 aliphatic heterocycles. The first-order chi connectivity index (χ1) is 12.0. The van der Waals surface area contributed by atoms with Crippen molar-refractivity contribution in [3.63, 3.8) is 0 Å². The average molecular weight is 340 g/mol. The summed E-state index contributed by atoms with van der Waals surface area (Å²) in [5.41, 5.74) is 4.17. The molecule has 2 amide bonds. The zero-order valence-electron chi connectivity index (χ0n) is 15.4. The topological polar surface area (TPSA) is 49.4 Å². The Morgan fingerprint density at radius 2 is 1.80 bits per heavy atom. The van der Waals surface area contributed by atoms with E-state index in [1.54, 1.807) is 0 Å². The minimum absolute atomic E-state index is 0.0922. The molecule has 0 bridgehead atoms. The maximum absolute atomic E-state index is 12.6. The summed E-state index contributed by atoms with van der Waals surface area (Å²) in [4.78, 5) is 26.1. The van der Waals surface area contributed by atoms with E-state index < -0.39 is 0 Å². The fourth-order valence-corrected chi connectivity index (χ4v) is 4.70. The van der Waals surface area contributed by atoms with Gasteiger partial charge in [0.1, 0.15) is 0 Å². The van der Waals surface area contributed by atoms with Crippen molar-refractivity contribution >= 4 is 11.8 Å². The number of hydrogen-bond acceptors (Lipinski definition) is 2. The molecule has 1 aromatic rings. The Kier molecular flexibility index (Phi) is 4.09. The van der Waals surface area contributed by atoms with Gasteiger partial charge in [0.05, 0.1) is 0 Å². The van der Waals surface area contributed by atoms with Gasteiger partial charge in [-0.25, -0.2) is 0 Å². The highest BCUT2D eigenvalue weighted by Gasteiger charge is 2.57. The Hall–Kier alpha value is -1.84. The van der Waals surface area contributed by atoms with Crippen molar-refractivity contribution in [2.75, 3.05) is 13.1 Å². The van der Waals surface area contributed by atoms with Crippen LogP contribution in [0.3, 0.4) is 0 Å². The lowest BCUT2D eigenvalue weighted by Crippen LogP contribution is -2.50. The van der Waals surface area contributed by atoms with E-state index in [1.165, 1.54) is 16.7 Å². The summed E-state index contributed by atoms with van der Waals surface area (Å²) in [5, 5.41) is 2.99. The van der Waals surface area contributed by atoms with Gasteiger partial charge in [0.15, 0.2) is 0 Å². The summed E-state index contributed by atoms with van der Waals surface area (Å²) in [6.45, 7) is 8.03. The van der Waals surface area contributed by atoms with Crippen LogP contribution in [0.25, 0.3) is 0 Å². The normalized spacial score (nSPS) is 32.8. The van der Waals surface area contributed by atoms with Crippen molar-refractivity contribution in [3.8, 4) is 0 Å². The van der Waals surface area contributed by atoms with Crippen LogP contribution in [0.5, 0.6) is 0 Å². The molecule has 3 fully saturated rings. The van der Waals surface area contributed by atoms with Gasteiger partial charge in [-0.3, -0.25) is 9.59 Å². The Morgan fingerprint density at radius 3 is 2.40 bits per heavy atom. The van der Waals surface area contributed by atoms with Crippen molar-refractivity contribution in [3.05, 3.63) is 34.9 Å². The van der Waals surface area contributed by atoms with Crippen molar-refractivity contribution in [1.82, 2.24) is 10.2 Å². The van der Waals surface area contributed by atoms with Gasteiger partial charge < -0.3 is 10.2 Å². The predicted molar refractivity (Wildman–Crippen MR) is 97.2 cm³/mol. The SMILES string of the molecule is CCC(=O)NC1CC(C(=O)N2CC3C(C2)C3c2ccc(C)c(C)c2)C1. The van der Waals surface area contributed by atoms with E-state index in [2.05, 4.69) is 42.3 Å². The number of aryl methyl sites for hydroxylation is 2. The molecule has 2 unspecified atom stereocenters. The molecule has 0 radical (unpaired) electrons. The number of hydrogen-bond donors (Lipinski definition) is 1. The molecule has 1 N–H and O–H groups in total. The van der Waals surface area contributed by atoms with Gasteiger partial charge in [-0.05, 0) is 61.1 Å². The minimum atomic E-state index is 0.0922. The molecule has 4 nitrogen and oxygen atoms in total. The number of nitrogens with zero attached hydrogens (tertiary/aromatic N) is 1. The first-order valence-electron chi connectivity index (χ1n) is 9.63. The molecule has 3 aliphatic rings. The molecule has 0 spiro atoms. The fourth-order valence-electron chi connectivity index (χ4n) is 4.70. The van der Waals surface area contributed by atoms with E-state index in [1.807, 2.05) is 6.92 Å². The number of benzene rings is 1. The zero-order chi connectivity index (χ0) is 17.7. The smallest absolute Gasteiger partial charge is 0.225 e. The average Bonchev–Trinajstić information content (AvgIpc) is 3.05. The Labute approximate surface area is 150 Å². The second kappa shape index (κ2) is 6.15. The fraction of sp³-hybridized carbons (Fsp3) is 0.619. The maximum Gasteiger partial charge on any atom is 0.225 e. The molecule has 1 heterocycles. The summed E-state index contributed by atoms with van der Waals surface area (Å²) in [6.07, 6.45) is 2.15. The highest BCUT2D eigenvalue weighted by atomic mass is 16.2. The predicted octanol–water partition coefficient (Wildman–Crippen LogP) is 2.78. The molecule has 4 rings (SSSR count). The van der Waals surface area contributed by atoms with E-state index in [4.69, 9.17) is 0 Å². The zero-order valence-corrected chi connectivity index (χ0v) is 15.4. The highest BCUT2D eigenvalue weighted by Crippen LogP contribution is 2.58. The van der Waals surface area contributed by atoms with Crippen LogP contribution < -0.4 is 5.32 Å². The second-order valence-electron chi connectivity index (χ2n) is 8.23. The van der Waals surface area contributed by atoms with E-state index in [0.717, 1.165) is 25.9 Å². The summed E-state index contributed by atoms with van der Waals surface area (Å²) < 4.78 is 0. The van der Waals surface area contributed by atoms with Crippen LogP contribution >= 0.6 is 0 Å². The summed E-state index contributed by atoms with van der Waals surface area (Å²) in [6, 6.07) is 7.03. The van der Waals surface area contributed by atoms with Gasteiger partial charge >= 0.3 is 0 Å². The Balaban J connectivity index is 1.28. The molecule has 1 saturated heterocycles. The van der Waals surface area contributed by atoms with Crippen molar-refractivity contribution in [1.29, 1.82) is 0 Å². The van der Waals surface area contributed by atoms with Crippen LogP contribution in [0, 0.1) is 31.6 Å². The number of carbonyl (C=O) groups excluding carboxylic acids is 2. The van der Waals surface area contributed by atoms with Crippen molar-refractivity contribution < 1.29 is 9.59 Å². The lowest BCUT2D eigenvalue weighted by atomic mass is 9.79. The van der Waals surface area contributed by atoms with E-state index in [0.29, 0.717) is 30.1 Å². The maximum atomic E-state index is 12.6. The summed E-state index contributed by atoms with van der Waals surface area (Å²) in [5.74, 6) is 2.49. The minimum Gasteiger partial charge on any atom is -0.353 e. The van der Waals surface area contributed by atoms with Crippen LogP contribution in [-0.4, -0.2) is 35.8 Å². The van der Waals surface area contributed by atoms with Gasteiger partial charge in [-0.1, -0.05) is 25.1 Å². The van der Waals surface area contributed by atoms with E-state index in [-0.39, 0.29) is 17.9 Å². The van der Waals surface area contributed by atoms with Crippen LogP contribution in [0.1, 0.15) is 48.8 Å². The van der Waals surface area contributed by atoms with Gasteiger partial charge in [-0.2, -0.15) is 0 Å². The number of amides is 2. The Morgan fingerprint density at radius 1 is 1.12 bits per heavy atom. The third-order valence-corrected chi connectivity index (χ3v) is 6.60. The number of rotatable bonds is 4. The molecule has 2 aliphatic carbocycles. The lowest BCUT2D eigenvalue weighted by Gasteiger charge is -2.37. The van der Waals surface area contributed by atoms with E-state index >= 15 is 0 Å². The number of fused-ring (bicyclic) bond motifs is 1. The number of nitrogens with one attached hydrogen (secondary N) is 1. The van der Waals surface area contributed by atoms with Crippen molar-refractivity contribution in [2.24, 2.45) is 17.8 Å². The Bertz CT molecular complexity index is 696. The summed E-state index contributed by atoms with van der Waals surface area (Å²) >= 11 is 0. The molecule has 1 aromatic carbocycles. The molecule has 25 heavy (non-hydrogen) atoms. The van der Waals surface area contributed by atoms with Crippen LogP contribution in [-0.2, 0) is 9.59 Å². The third-order valence-electron chi connectivity index (χ3n) is 6.60. The lowest BCUT2D eigenvalue weighted by molar-refractivity contribution is -0.139. The molecule has 4 heteroatoms. The van der Waals surface area contributed by atoms with Gasteiger partial charge in [0.25, 0.3) is 0 Å². The van der Waals surface area contributed by atoms with Crippen LogP contribution in [0.2, 0.25) is 0 Å². The number of piperidine rings is 1. The van der Waals surface area contributed by atoms with Gasteiger partial charge in [-0.15, -0.1) is 0 Å². The van der Waals surface area contributed by atoms with Crippen molar-refractivity contribution in [2.45, 2.75) is 52.0 Å². The summed E-state index contributed by atoms with van der Waals surface area (Å²) in [7, 11) is 0.